The summed E-state index contributed by atoms with van der Waals surface area (Å²) in [6.07, 6.45) is 0.872. The van der Waals surface area contributed by atoms with E-state index >= 15 is 0 Å². The molecule has 0 atom stereocenters. The molecule has 0 spiro atoms. The number of nitrogens with two attached hydrogens (primary N) is 1. The van der Waals surface area contributed by atoms with Crippen LogP contribution in [-0.4, -0.2) is 9.55 Å². The second-order valence-electron chi connectivity index (χ2n) is 6.18. The number of hydrogen-bond donors (Lipinski definition) is 1. The Kier molecular flexibility index (Phi) is 3.40. The molecule has 0 fully saturated rings. The molecule has 0 bridgehead atoms. The average Bonchev–Trinajstić information content (AvgIpc) is 2.56. The zero-order valence-electron chi connectivity index (χ0n) is 12.5. The number of nitrogen functional groups attached to an aromatic ring is 1. The molecule has 102 valence electrons. The van der Waals surface area contributed by atoms with Crippen LogP contribution in [0, 0.1) is 6.92 Å². The summed E-state index contributed by atoms with van der Waals surface area (Å²) in [6, 6.07) is 8.82. The lowest BCUT2D eigenvalue weighted by molar-refractivity contribution is 0.590. The topological polar surface area (TPSA) is 43.8 Å². The predicted molar refractivity (Wildman–Crippen MR) is 80.3 cm³/mol. The molecule has 19 heavy (non-hydrogen) atoms. The van der Waals surface area contributed by atoms with E-state index in [2.05, 4.69) is 50.0 Å². The van der Waals surface area contributed by atoms with Crippen LogP contribution in [0.25, 0.3) is 0 Å². The van der Waals surface area contributed by atoms with Crippen molar-refractivity contribution in [1.82, 2.24) is 9.55 Å². The van der Waals surface area contributed by atoms with Gasteiger partial charge in [-0.1, -0.05) is 45.0 Å². The summed E-state index contributed by atoms with van der Waals surface area (Å²) in [5.41, 5.74) is 10.9. The Labute approximate surface area is 115 Å². The van der Waals surface area contributed by atoms with Crippen molar-refractivity contribution in [3.8, 4) is 0 Å². The standard InChI is InChI=1S/C16H23N3/c1-11-14(19(5)15(17)18-11)10-12-6-8-13(9-7-12)16(2,3)4/h6-9H,10H2,1-5H3,(H2,17,18). The quantitative estimate of drug-likeness (QED) is 0.898. The molecule has 0 aliphatic rings. The van der Waals surface area contributed by atoms with E-state index < -0.39 is 0 Å². The maximum atomic E-state index is 5.83. The van der Waals surface area contributed by atoms with Crippen molar-refractivity contribution in [1.29, 1.82) is 0 Å². The highest BCUT2D eigenvalue weighted by molar-refractivity contribution is 5.34. The fraction of sp³-hybridized carbons (Fsp3) is 0.438. The molecular weight excluding hydrogens is 234 g/mol. The number of nitrogens with zero attached hydrogens (tertiary/aromatic N) is 2. The molecule has 2 rings (SSSR count). The van der Waals surface area contributed by atoms with E-state index in [4.69, 9.17) is 5.73 Å². The molecule has 0 aliphatic carbocycles. The minimum absolute atomic E-state index is 0.200. The third kappa shape index (κ3) is 2.80. The summed E-state index contributed by atoms with van der Waals surface area (Å²) in [4.78, 5) is 4.30. The summed E-state index contributed by atoms with van der Waals surface area (Å²) in [5, 5.41) is 0. The summed E-state index contributed by atoms with van der Waals surface area (Å²) in [6.45, 7) is 8.70. The van der Waals surface area contributed by atoms with Crippen LogP contribution in [0.3, 0.4) is 0 Å². The fourth-order valence-electron chi connectivity index (χ4n) is 2.25. The van der Waals surface area contributed by atoms with Gasteiger partial charge in [-0.3, -0.25) is 0 Å². The van der Waals surface area contributed by atoms with Gasteiger partial charge in [0.2, 0.25) is 0 Å². The van der Waals surface area contributed by atoms with Crippen molar-refractivity contribution in [2.24, 2.45) is 7.05 Å². The molecule has 3 nitrogen and oxygen atoms in total. The van der Waals surface area contributed by atoms with Gasteiger partial charge < -0.3 is 10.3 Å². The van der Waals surface area contributed by atoms with Gasteiger partial charge >= 0.3 is 0 Å². The second-order valence-corrected chi connectivity index (χ2v) is 6.18. The van der Waals surface area contributed by atoms with E-state index in [0.717, 1.165) is 12.1 Å². The van der Waals surface area contributed by atoms with Crippen LogP contribution in [0.15, 0.2) is 24.3 Å². The number of hydrogen-bond acceptors (Lipinski definition) is 2. The first-order valence-electron chi connectivity index (χ1n) is 6.66. The lowest BCUT2D eigenvalue weighted by Crippen LogP contribution is -2.10. The molecule has 1 aromatic heterocycles. The third-order valence-electron chi connectivity index (χ3n) is 3.64. The van der Waals surface area contributed by atoms with Gasteiger partial charge in [-0.15, -0.1) is 0 Å². The van der Waals surface area contributed by atoms with Crippen LogP contribution in [-0.2, 0) is 18.9 Å². The van der Waals surface area contributed by atoms with Crippen molar-refractivity contribution in [2.45, 2.75) is 39.5 Å². The zero-order chi connectivity index (χ0) is 14.2. The van der Waals surface area contributed by atoms with Crippen LogP contribution in [0.1, 0.15) is 43.3 Å². The summed E-state index contributed by atoms with van der Waals surface area (Å²) < 4.78 is 1.97. The van der Waals surface area contributed by atoms with Crippen molar-refractivity contribution in [3.63, 3.8) is 0 Å². The first-order valence-corrected chi connectivity index (χ1v) is 6.66. The molecule has 1 aromatic carbocycles. The lowest BCUT2D eigenvalue weighted by Gasteiger charge is -2.19. The van der Waals surface area contributed by atoms with Gasteiger partial charge in [0.1, 0.15) is 0 Å². The van der Waals surface area contributed by atoms with Gasteiger partial charge in [-0.2, -0.15) is 0 Å². The predicted octanol–water partition coefficient (Wildman–Crippen LogP) is 3.20. The highest BCUT2D eigenvalue weighted by Crippen LogP contribution is 2.23. The van der Waals surface area contributed by atoms with Crippen molar-refractivity contribution < 1.29 is 0 Å². The van der Waals surface area contributed by atoms with Gasteiger partial charge in [0.05, 0.1) is 5.69 Å². The molecule has 2 aromatic rings. The largest absolute Gasteiger partial charge is 0.369 e. The van der Waals surface area contributed by atoms with Crippen molar-refractivity contribution >= 4 is 5.95 Å². The summed E-state index contributed by atoms with van der Waals surface area (Å²) in [5.74, 6) is 0.582. The molecule has 0 saturated carbocycles. The number of benzene rings is 1. The number of rotatable bonds is 2. The Morgan fingerprint density at radius 1 is 1.16 bits per heavy atom. The van der Waals surface area contributed by atoms with Crippen molar-refractivity contribution in [2.75, 3.05) is 5.73 Å². The second kappa shape index (κ2) is 4.72. The number of aryl methyl sites for hydroxylation is 1. The number of anilines is 1. The Hall–Kier alpha value is -1.77. The van der Waals surface area contributed by atoms with E-state index in [9.17, 15) is 0 Å². The third-order valence-corrected chi connectivity index (χ3v) is 3.64. The van der Waals surface area contributed by atoms with Crippen LogP contribution >= 0.6 is 0 Å². The lowest BCUT2D eigenvalue weighted by atomic mass is 9.86. The van der Waals surface area contributed by atoms with Crippen LogP contribution in [0.2, 0.25) is 0 Å². The van der Waals surface area contributed by atoms with E-state index in [0.29, 0.717) is 5.95 Å². The Balaban J connectivity index is 2.25. The molecule has 3 heteroatoms. The molecule has 0 unspecified atom stereocenters. The molecule has 0 saturated heterocycles. The molecule has 0 radical (unpaired) electrons. The minimum Gasteiger partial charge on any atom is -0.369 e. The Morgan fingerprint density at radius 2 is 1.74 bits per heavy atom. The average molecular weight is 257 g/mol. The van der Waals surface area contributed by atoms with E-state index in [1.165, 1.54) is 16.8 Å². The number of imidazole rings is 1. The van der Waals surface area contributed by atoms with E-state index in [1.807, 2.05) is 18.5 Å². The summed E-state index contributed by atoms with van der Waals surface area (Å²) in [7, 11) is 1.97. The van der Waals surface area contributed by atoms with Gasteiger partial charge in [-0.05, 0) is 23.5 Å². The first-order chi connectivity index (χ1) is 8.79. The molecule has 1 heterocycles. The fourth-order valence-corrected chi connectivity index (χ4v) is 2.25. The molecule has 2 N–H and O–H groups in total. The van der Waals surface area contributed by atoms with Gasteiger partial charge in [0.25, 0.3) is 0 Å². The highest BCUT2D eigenvalue weighted by atomic mass is 15.1. The molecule has 0 aliphatic heterocycles. The van der Waals surface area contributed by atoms with E-state index in [1.54, 1.807) is 0 Å². The first kappa shape index (κ1) is 13.7. The number of aromatic nitrogens is 2. The van der Waals surface area contributed by atoms with E-state index in [-0.39, 0.29) is 5.41 Å². The Morgan fingerprint density at radius 3 is 2.16 bits per heavy atom. The Bertz CT molecular complexity index is 571. The molecular formula is C16H23N3. The highest BCUT2D eigenvalue weighted by Gasteiger charge is 2.14. The zero-order valence-corrected chi connectivity index (χ0v) is 12.5. The summed E-state index contributed by atoms with van der Waals surface area (Å²) >= 11 is 0. The SMILES string of the molecule is Cc1nc(N)n(C)c1Cc1ccc(C(C)(C)C)cc1. The minimum atomic E-state index is 0.200. The maximum Gasteiger partial charge on any atom is 0.200 e. The van der Waals surface area contributed by atoms with Crippen molar-refractivity contribution in [3.05, 3.63) is 46.8 Å². The van der Waals surface area contributed by atoms with Crippen LogP contribution in [0.5, 0.6) is 0 Å². The van der Waals surface area contributed by atoms with Crippen LogP contribution < -0.4 is 5.73 Å². The van der Waals surface area contributed by atoms with Gasteiger partial charge in [0, 0.05) is 19.2 Å². The van der Waals surface area contributed by atoms with Crippen LogP contribution in [0.4, 0.5) is 5.95 Å². The maximum absolute atomic E-state index is 5.83. The normalized spacial score (nSPS) is 11.8. The van der Waals surface area contributed by atoms with Gasteiger partial charge in [-0.25, -0.2) is 4.98 Å². The molecule has 0 amide bonds. The van der Waals surface area contributed by atoms with Gasteiger partial charge in [0.15, 0.2) is 5.95 Å². The monoisotopic (exact) mass is 257 g/mol. The smallest absolute Gasteiger partial charge is 0.200 e.